The molecule has 0 unspecified atom stereocenters. The maximum Gasteiger partial charge on any atom is 0.319 e. The summed E-state index contributed by atoms with van der Waals surface area (Å²) in [7, 11) is 0. The van der Waals surface area contributed by atoms with Crippen LogP contribution in [0.4, 0.5) is 16.2 Å². The number of para-hydroxylation sites is 1. The Balaban J connectivity index is 1.37. The smallest absolute Gasteiger partial charge is 0.319 e. The topological polar surface area (TPSA) is 79.9 Å². The van der Waals surface area contributed by atoms with Crippen LogP contribution in [0.1, 0.15) is 6.42 Å². The quantitative estimate of drug-likeness (QED) is 0.888. The van der Waals surface area contributed by atoms with Crippen LogP contribution in [-0.4, -0.2) is 37.7 Å². The molecule has 0 aliphatic carbocycles. The number of benzene rings is 2. The fraction of sp³-hybridized carbons (Fsp3) is 0.263. The molecule has 7 nitrogen and oxygen atoms in total. The molecule has 1 atom stereocenters. The highest BCUT2D eigenvalue weighted by Gasteiger charge is 2.33. The van der Waals surface area contributed by atoms with E-state index in [0.29, 0.717) is 43.4 Å². The van der Waals surface area contributed by atoms with E-state index in [0.717, 1.165) is 5.69 Å². The van der Waals surface area contributed by atoms with Gasteiger partial charge in [0.25, 0.3) is 0 Å². The zero-order valence-electron chi connectivity index (χ0n) is 14.1. The zero-order chi connectivity index (χ0) is 17.9. The van der Waals surface area contributed by atoms with Gasteiger partial charge in [-0.15, -0.1) is 0 Å². The average molecular weight is 353 g/mol. The van der Waals surface area contributed by atoms with Crippen LogP contribution in [-0.2, 0) is 4.79 Å². The standard InChI is InChI=1S/C19H19N3O4/c23-18-15(8-9-22(18)14-4-2-1-3-5-14)21-19(24)20-13-6-7-16-17(12-13)26-11-10-25-16/h1-7,12,15H,8-11H2,(H2,20,21,24)/t15-/m0/s1. The Morgan fingerprint density at radius 2 is 1.81 bits per heavy atom. The van der Waals surface area contributed by atoms with E-state index in [2.05, 4.69) is 10.6 Å². The van der Waals surface area contributed by atoms with E-state index >= 15 is 0 Å². The Labute approximate surface area is 150 Å². The van der Waals surface area contributed by atoms with Crippen LogP contribution in [0.3, 0.4) is 0 Å². The van der Waals surface area contributed by atoms with Gasteiger partial charge in [-0.05, 0) is 30.7 Å². The lowest BCUT2D eigenvalue weighted by atomic mass is 10.2. The number of hydrogen-bond acceptors (Lipinski definition) is 4. The number of nitrogens with one attached hydrogen (secondary N) is 2. The molecule has 2 aromatic carbocycles. The van der Waals surface area contributed by atoms with Crippen molar-refractivity contribution < 1.29 is 19.1 Å². The Morgan fingerprint density at radius 3 is 2.62 bits per heavy atom. The van der Waals surface area contributed by atoms with E-state index in [1.165, 1.54) is 0 Å². The Hall–Kier alpha value is -3.22. The molecule has 0 aromatic heterocycles. The third-order valence-electron chi connectivity index (χ3n) is 4.38. The van der Waals surface area contributed by atoms with E-state index < -0.39 is 12.1 Å². The normalized spacial score (nSPS) is 18.5. The van der Waals surface area contributed by atoms with Crippen molar-refractivity contribution in [3.05, 3.63) is 48.5 Å². The number of rotatable bonds is 3. The van der Waals surface area contributed by atoms with Crippen molar-refractivity contribution in [1.29, 1.82) is 0 Å². The van der Waals surface area contributed by atoms with Crippen molar-refractivity contribution in [1.82, 2.24) is 5.32 Å². The van der Waals surface area contributed by atoms with Gasteiger partial charge in [-0.25, -0.2) is 4.79 Å². The van der Waals surface area contributed by atoms with Gasteiger partial charge in [0.1, 0.15) is 19.3 Å². The van der Waals surface area contributed by atoms with Crippen LogP contribution < -0.4 is 25.0 Å². The summed E-state index contributed by atoms with van der Waals surface area (Å²) in [6.07, 6.45) is 0.572. The number of carbonyl (C=O) groups is 2. The first-order valence-corrected chi connectivity index (χ1v) is 8.54. The fourth-order valence-electron chi connectivity index (χ4n) is 3.12. The second-order valence-electron chi connectivity index (χ2n) is 6.12. The lowest BCUT2D eigenvalue weighted by molar-refractivity contribution is -0.118. The minimum Gasteiger partial charge on any atom is -0.486 e. The minimum absolute atomic E-state index is 0.103. The maximum absolute atomic E-state index is 12.5. The van der Waals surface area contributed by atoms with Gasteiger partial charge >= 0.3 is 6.03 Å². The number of nitrogens with zero attached hydrogens (tertiary/aromatic N) is 1. The largest absolute Gasteiger partial charge is 0.486 e. The van der Waals surface area contributed by atoms with Crippen molar-refractivity contribution in [2.24, 2.45) is 0 Å². The predicted octanol–water partition coefficient (Wildman–Crippen LogP) is 2.38. The van der Waals surface area contributed by atoms with Gasteiger partial charge < -0.3 is 25.0 Å². The number of ether oxygens (including phenoxy) is 2. The number of carbonyl (C=O) groups excluding carboxylic acids is 2. The molecule has 2 N–H and O–H groups in total. The molecule has 1 saturated heterocycles. The van der Waals surface area contributed by atoms with Crippen LogP contribution in [0.15, 0.2) is 48.5 Å². The minimum atomic E-state index is -0.535. The SMILES string of the molecule is O=C(Nc1ccc2c(c1)OCCO2)N[C@H]1CCN(c2ccccc2)C1=O. The lowest BCUT2D eigenvalue weighted by Gasteiger charge is -2.19. The number of hydrogen-bond donors (Lipinski definition) is 2. The number of amides is 3. The van der Waals surface area contributed by atoms with Crippen LogP contribution in [0.2, 0.25) is 0 Å². The molecule has 7 heteroatoms. The summed E-state index contributed by atoms with van der Waals surface area (Å²) in [5, 5.41) is 5.48. The molecule has 26 heavy (non-hydrogen) atoms. The molecule has 0 radical (unpaired) electrons. The van der Waals surface area contributed by atoms with Crippen LogP contribution in [0, 0.1) is 0 Å². The van der Waals surface area contributed by atoms with Crippen molar-refractivity contribution >= 4 is 23.3 Å². The molecule has 2 aliphatic rings. The summed E-state index contributed by atoms with van der Waals surface area (Å²) >= 11 is 0. The van der Waals surface area contributed by atoms with Crippen LogP contribution in [0.25, 0.3) is 0 Å². The molecule has 1 fully saturated rings. The summed E-state index contributed by atoms with van der Waals surface area (Å²) in [4.78, 5) is 26.5. The third kappa shape index (κ3) is 3.28. The molecule has 0 spiro atoms. The van der Waals surface area contributed by atoms with E-state index in [1.807, 2.05) is 30.3 Å². The summed E-state index contributed by atoms with van der Waals surface area (Å²) in [5.41, 5.74) is 1.42. The predicted molar refractivity (Wildman–Crippen MR) is 96.8 cm³/mol. The summed E-state index contributed by atoms with van der Waals surface area (Å²) in [5.74, 6) is 1.15. The van der Waals surface area contributed by atoms with Crippen molar-refractivity contribution in [3.8, 4) is 11.5 Å². The molecule has 134 valence electrons. The molecule has 4 rings (SSSR count). The fourth-order valence-corrected chi connectivity index (χ4v) is 3.12. The first-order chi connectivity index (χ1) is 12.7. The van der Waals surface area contributed by atoms with Gasteiger partial charge in [0.2, 0.25) is 5.91 Å². The molecule has 2 aliphatic heterocycles. The van der Waals surface area contributed by atoms with Crippen LogP contribution in [0.5, 0.6) is 11.5 Å². The van der Waals surface area contributed by atoms with Gasteiger partial charge in [0.05, 0.1) is 0 Å². The van der Waals surface area contributed by atoms with Crippen LogP contribution >= 0.6 is 0 Å². The molecule has 3 amide bonds. The van der Waals surface area contributed by atoms with Crippen molar-refractivity contribution in [3.63, 3.8) is 0 Å². The van der Waals surface area contributed by atoms with Gasteiger partial charge in [0.15, 0.2) is 11.5 Å². The summed E-state index contributed by atoms with van der Waals surface area (Å²) in [6.45, 7) is 1.58. The number of fused-ring (bicyclic) bond motifs is 1. The highest BCUT2D eigenvalue weighted by Crippen LogP contribution is 2.32. The second-order valence-corrected chi connectivity index (χ2v) is 6.12. The van der Waals surface area contributed by atoms with E-state index in [-0.39, 0.29) is 5.91 Å². The highest BCUT2D eigenvalue weighted by molar-refractivity contribution is 6.02. The Bertz CT molecular complexity index is 825. The van der Waals surface area contributed by atoms with Gasteiger partial charge in [0, 0.05) is 24.0 Å². The molecular weight excluding hydrogens is 334 g/mol. The average Bonchev–Trinajstić information content (AvgIpc) is 3.02. The molecule has 2 aromatic rings. The van der Waals surface area contributed by atoms with Crippen molar-refractivity contribution in [2.45, 2.75) is 12.5 Å². The van der Waals surface area contributed by atoms with Gasteiger partial charge in [-0.1, -0.05) is 18.2 Å². The first kappa shape index (κ1) is 16.3. The molecule has 0 bridgehead atoms. The number of urea groups is 1. The third-order valence-corrected chi connectivity index (χ3v) is 4.38. The molecule has 0 saturated carbocycles. The zero-order valence-corrected chi connectivity index (χ0v) is 14.1. The Kier molecular flexibility index (Phi) is 4.35. The van der Waals surface area contributed by atoms with E-state index in [9.17, 15) is 9.59 Å². The monoisotopic (exact) mass is 353 g/mol. The van der Waals surface area contributed by atoms with E-state index in [4.69, 9.17) is 9.47 Å². The Morgan fingerprint density at radius 1 is 1.04 bits per heavy atom. The summed E-state index contributed by atoms with van der Waals surface area (Å²) in [6, 6.07) is 13.7. The highest BCUT2D eigenvalue weighted by atomic mass is 16.6. The van der Waals surface area contributed by atoms with Gasteiger partial charge in [-0.2, -0.15) is 0 Å². The van der Waals surface area contributed by atoms with Gasteiger partial charge in [-0.3, -0.25) is 4.79 Å². The van der Waals surface area contributed by atoms with Crippen molar-refractivity contribution in [2.75, 3.05) is 30.0 Å². The summed E-state index contributed by atoms with van der Waals surface area (Å²) < 4.78 is 11.0. The second kappa shape index (κ2) is 6.95. The number of anilines is 2. The molecule has 2 heterocycles. The molecular formula is C19H19N3O4. The first-order valence-electron chi connectivity index (χ1n) is 8.54. The van der Waals surface area contributed by atoms with E-state index in [1.54, 1.807) is 23.1 Å². The lowest BCUT2D eigenvalue weighted by Crippen LogP contribution is -2.43. The maximum atomic E-state index is 12.5.